The molecule has 16 heavy (non-hydrogen) atoms. The topological polar surface area (TPSA) is 36.7 Å². The van der Waals surface area contributed by atoms with Crippen LogP contribution in [0.3, 0.4) is 0 Å². The molecule has 88 valence electrons. The minimum atomic E-state index is -0.0219. The molecule has 0 aliphatic carbocycles. The molecule has 1 amide bonds. The van der Waals surface area contributed by atoms with Crippen molar-refractivity contribution < 1.29 is 9.21 Å². The quantitative estimate of drug-likeness (QED) is 0.790. The van der Waals surface area contributed by atoms with E-state index in [1.165, 1.54) is 0 Å². The summed E-state index contributed by atoms with van der Waals surface area (Å²) in [5.41, 5.74) is 0. The molecule has 0 radical (unpaired) electrons. The molecular weight excluding hydrogens is 272 g/mol. The van der Waals surface area contributed by atoms with Crippen molar-refractivity contribution in [1.82, 2.24) is 9.80 Å². The first kappa shape index (κ1) is 11.7. The van der Waals surface area contributed by atoms with Crippen LogP contribution in [0.5, 0.6) is 0 Å². The van der Waals surface area contributed by atoms with Crippen LogP contribution in [-0.4, -0.2) is 48.4 Å². The summed E-state index contributed by atoms with van der Waals surface area (Å²) in [5, 5.41) is 0. The van der Waals surface area contributed by atoms with Crippen molar-refractivity contribution in [1.29, 1.82) is 0 Å². The maximum absolute atomic E-state index is 12.1. The number of likely N-dealkylation sites (N-methyl/N-ethyl adjacent to an activating group) is 1. The third-order valence-electron chi connectivity index (χ3n) is 2.88. The number of hydrogen-bond donors (Lipinski definition) is 0. The van der Waals surface area contributed by atoms with Crippen LogP contribution >= 0.6 is 15.9 Å². The molecule has 1 atom stereocenters. The first-order chi connectivity index (χ1) is 7.58. The summed E-state index contributed by atoms with van der Waals surface area (Å²) in [4.78, 5) is 16.2. The zero-order chi connectivity index (χ0) is 11.7. The summed E-state index contributed by atoms with van der Waals surface area (Å²) in [5.74, 6) is 0.384. The van der Waals surface area contributed by atoms with E-state index in [1.54, 1.807) is 12.1 Å². The van der Waals surface area contributed by atoms with Crippen molar-refractivity contribution in [3.05, 3.63) is 22.6 Å². The second-order valence-electron chi connectivity index (χ2n) is 4.21. The van der Waals surface area contributed by atoms with Crippen molar-refractivity contribution in [2.24, 2.45) is 0 Å². The van der Waals surface area contributed by atoms with Crippen LogP contribution in [0.15, 0.2) is 21.2 Å². The van der Waals surface area contributed by atoms with E-state index in [2.05, 4.69) is 34.8 Å². The van der Waals surface area contributed by atoms with E-state index in [9.17, 15) is 4.79 Å². The molecule has 0 saturated carbocycles. The number of piperazine rings is 1. The van der Waals surface area contributed by atoms with Gasteiger partial charge < -0.3 is 14.2 Å². The molecule has 1 unspecified atom stereocenters. The molecule has 4 nitrogen and oxygen atoms in total. The van der Waals surface area contributed by atoms with Gasteiger partial charge in [0.05, 0.1) is 0 Å². The number of furan rings is 1. The third kappa shape index (κ3) is 2.30. The van der Waals surface area contributed by atoms with Gasteiger partial charge in [0, 0.05) is 25.7 Å². The highest BCUT2D eigenvalue weighted by molar-refractivity contribution is 9.10. The average Bonchev–Trinajstić information content (AvgIpc) is 2.64. The monoisotopic (exact) mass is 286 g/mol. The summed E-state index contributed by atoms with van der Waals surface area (Å²) >= 11 is 3.20. The van der Waals surface area contributed by atoms with Crippen LogP contribution in [-0.2, 0) is 0 Å². The third-order valence-corrected chi connectivity index (χ3v) is 3.30. The number of nitrogens with zero attached hydrogens (tertiary/aromatic N) is 2. The highest BCUT2D eigenvalue weighted by Gasteiger charge is 2.28. The molecule has 1 aliphatic heterocycles. The lowest BCUT2D eigenvalue weighted by Crippen LogP contribution is -2.52. The predicted molar refractivity (Wildman–Crippen MR) is 64.4 cm³/mol. The molecule has 0 spiro atoms. The Labute approximate surface area is 103 Å². The van der Waals surface area contributed by atoms with Gasteiger partial charge >= 0.3 is 0 Å². The molecule has 5 heteroatoms. The molecule has 1 saturated heterocycles. The van der Waals surface area contributed by atoms with Crippen LogP contribution in [0.2, 0.25) is 0 Å². The van der Waals surface area contributed by atoms with Gasteiger partial charge in [0.15, 0.2) is 10.4 Å². The maximum atomic E-state index is 12.1. The molecule has 1 aromatic rings. The molecule has 2 rings (SSSR count). The van der Waals surface area contributed by atoms with Gasteiger partial charge in [0.2, 0.25) is 0 Å². The first-order valence-corrected chi connectivity index (χ1v) is 6.12. The van der Waals surface area contributed by atoms with Crippen molar-refractivity contribution >= 4 is 21.8 Å². The Morgan fingerprint density at radius 2 is 2.25 bits per heavy atom. The highest BCUT2D eigenvalue weighted by Crippen LogP contribution is 2.18. The van der Waals surface area contributed by atoms with Gasteiger partial charge in [-0.1, -0.05) is 0 Å². The molecular formula is C11H15BrN2O2. The van der Waals surface area contributed by atoms with Crippen molar-refractivity contribution in [3.8, 4) is 0 Å². The van der Waals surface area contributed by atoms with E-state index in [4.69, 9.17) is 4.42 Å². The van der Waals surface area contributed by atoms with Crippen LogP contribution < -0.4 is 0 Å². The molecule has 0 aromatic carbocycles. The Morgan fingerprint density at radius 1 is 1.50 bits per heavy atom. The normalized spacial score (nSPS) is 22.4. The van der Waals surface area contributed by atoms with Gasteiger partial charge in [-0.3, -0.25) is 4.79 Å². The summed E-state index contributed by atoms with van der Waals surface area (Å²) < 4.78 is 5.88. The molecule has 1 aromatic heterocycles. The summed E-state index contributed by atoms with van der Waals surface area (Å²) in [7, 11) is 2.07. The minimum absolute atomic E-state index is 0.0219. The zero-order valence-electron chi connectivity index (χ0n) is 9.44. The van der Waals surface area contributed by atoms with Crippen LogP contribution in [0, 0.1) is 0 Å². The molecule has 1 fully saturated rings. The predicted octanol–water partition coefficient (Wildman–Crippen LogP) is 1.82. The highest BCUT2D eigenvalue weighted by atomic mass is 79.9. The lowest BCUT2D eigenvalue weighted by atomic mass is 10.2. The molecule has 1 aliphatic rings. The summed E-state index contributed by atoms with van der Waals surface area (Å²) in [6, 6.07) is 3.68. The Bertz CT molecular complexity index is 391. The van der Waals surface area contributed by atoms with Gasteiger partial charge in [-0.05, 0) is 42.0 Å². The van der Waals surface area contributed by atoms with Crippen molar-refractivity contribution in [2.75, 3.05) is 26.7 Å². The maximum Gasteiger partial charge on any atom is 0.289 e. The van der Waals surface area contributed by atoms with Crippen LogP contribution in [0.4, 0.5) is 0 Å². The largest absolute Gasteiger partial charge is 0.444 e. The SMILES string of the molecule is CC1CN(C)CCN1C(=O)c1ccc(Br)o1. The number of rotatable bonds is 1. The van der Waals surface area contributed by atoms with E-state index >= 15 is 0 Å². The number of halogens is 1. The van der Waals surface area contributed by atoms with Gasteiger partial charge in [-0.15, -0.1) is 0 Å². The summed E-state index contributed by atoms with van der Waals surface area (Å²) in [6.45, 7) is 4.64. The number of carbonyl (C=O) groups excluding carboxylic acids is 1. The number of carbonyl (C=O) groups is 1. The molecule has 0 N–H and O–H groups in total. The van der Waals surface area contributed by atoms with Crippen LogP contribution in [0.25, 0.3) is 0 Å². The fourth-order valence-electron chi connectivity index (χ4n) is 2.01. The molecule has 2 heterocycles. The lowest BCUT2D eigenvalue weighted by molar-refractivity contribution is 0.0501. The van der Waals surface area contributed by atoms with Crippen molar-refractivity contribution in [3.63, 3.8) is 0 Å². The Balaban J connectivity index is 2.10. The first-order valence-electron chi connectivity index (χ1n) is 5.33. The van der Waals surface area contributed by atoms with E-state index in [1.807, 2.05) is 4.90 Å². The Kier molecular flexibility index (Phi) is 3.35. The van der Waals surface area contributed by atoms with E-state index in [-0.39, 0.29) is 11.9 Å². The van der Waals surface area contributed by atoms with Gasteiger partial charge in [0.25, 0.3) is 5.91 Å². The Morgan fingerprint density at radius 3 is 2.81 bits per heavy atom. The smallest absolute Gasteiger partial charge is 0.289 e. The minimum Gasteiger partial charge on any atom is -0.444 e. The second kappa shape index (κ2) is 4.59. The average molecular weight is 287 g/mol. The van der Waals surface area contributed by atoms with E-state index in [0.29, 0.717) is 10.4 Å². The fraction of sp³-hybridized carbons (Fsp3) is 0.545. The summed E-state index contributed by atoms with van der Waals surface area (Å²) in [6.07, 6.45) is 0. The standard InChI is InChI=1S/C11H15BrN2O2/c1-8-7-13(2)5-6-14(8)11(15)9-3-4-10(12)16-9/h3-4,8H,5-7H2,1-2H3. The second-order valence-corrected chi connectivity index (χ2v) is 5.00. The zero-order valence-corrected chi connectivity index (χ0v) is 11.0. The van der Waals surface area contributed by atoms with Crippen molar-refractivity contribution in [2.45, 2.75) is 13.0 Å². The van der Waals surface area contributed by atoms with Gasteiger partial charge in [-0.25, -0.2) is 0 Å². The molecule has 0 bridgehead atoms. The fourth-order valence-corrected chi connectivity index (χ4v) is 2.32. The number of hydrogen-bond acceptors (Lipinski definition) is 3. The van der Waals surface area contributed by atoms with Gasteiger partial charge in [0.1, 0.15) is 0 Å². The van der Waals surface area contributed by atoms with Gasteiger partial charge in [-0.2, -0.15) is 0 Å². The number of amides is 1. The lowest BCUT2D eigenvalue weighted by Gasteiger charge is -2.37. The van der Waals surface area contributed by atoms with Crippen LogP contribution in [0.1, 0.15) is 17.5 Å². The Hall–Kier alpha value is -0.810. The van der Waals surface area contributed by atoms with E-state index < -0.39 is 0 Å². The van der Waals surface area contributed by atoms with E-state index in [0.717, 1.165) is 19.6 Å².